The van der Waals surface area contributed by atoms with E-state index in [0.717, 1.165) is 0 Å². The van der Waals surface area contributed by atoms with Gasteiger partial charge in [-0.2, -0.15) is 0 Å². The molecular weight excluding hydrogens is 256 g/mol. The summed E-state index contributed by atoms with van der Waals surface area (Å²) in [5.74, 6) is 0. The van der Waals surface area contributed by atoms with Gasteiger partial charge in [0.2, 0.25) is 0 Å². The number of para-hydroxylation sites is 1. The summed E-state index contributed by atoms with van der Waals surface area (Å²) < 4.78 is 1.31. The van der Waals surface area contributed by atoms with E-state index in [9.17, 15) is 0 Å². The second kappa shape index (κ2) is 3.80. The van der Waals surface area contributed by atoms with Crippen molar-refractivity contribution in [2.75, 3.05) is 19.6 Å². The Balaban J connectivity index is 1.71. The van der Waals surface area contributed by atoms with E-state index in [1.165, 1.54) is 54.3 Å². The van der Waals surface area contributed by atoms with Crippen LogP contribution in [-0.4, -0.2) is 29.1 Å². The number of hydrogen-bond donors (Lipinski definition) is 1. The molecule has 2 nitrogen and oxygen atoms in total. The number of quaternary nitrogens is 1. The minimum Gasteiger partial charge on any atom is -0.353 e. The zero-order valence-electron chi connectivity index (χ0n) is 12.7. The van der Waals surface area contributed by atoms with Gasteiger partial charge in [0.25, 0.3) is 0 Å². The van der Waals surface area contributed by atoms with Crippen LogP contribution in [0.5, 0.6) is 0 Å². The maximum Gasteiger partial charge on any atom is 0.131 e. The topological polar surface area (TPSA) is 15.8 Å². The van der Waals surface area contributed by atoms with Crippen LogP contribution in [-0.2, 0) is 6.42 Å². The van der Waals surface area contributed by atoms with Crippen molar-refractivity contribution in [1.82, 2.24) is 4.98 Å². The highest BCUT2D eigenvalue weighted by Gasteiger charge is 2.57. The van der Waals surface area contributed by atoms with Crippen LogP contribution in [0.2, 0.25) is 0 Å². The fourth-order valence-electron chi connectivity index (χ4n) is 5.39. The van der Waals surface area contributed by atoms with Gasteiger partial charge < -0.3 is 9.47 Å². The van der Waals surface area contributed by atoms with Gasteiger partial charge in [-0.15, -0.1) is 0 Å². The molecule has 1 saturated heterocycles. The molecule has 3 aliphatic heterocycles. The van der Waals surface area contributed by atoms with Gasteiger partial charge in [-0.1, -0.05) is 31.2 Å². The summed E-state index contributed by atoms with van der Waals surface area (Å²) in [7, 11) is 0. The first-order valence-electron chi connectivity index (χ1n) is 8.38. The molecule has 0 saturated carbocycles. The van der Waals surface area contributed by atoms with Gasteiger partial charge >= 0.3 is 0 Å². The highest BCUT2D eigenvalue weighted by Crippen LogP contribution is 2.55. The molecule has 2 bridgehead atoms. The van der Waals surface area contributed by atoms with Gasteiger partial charge in [-0.3, -0.25) is 0 Å². The summed E-state index contributed by atoms with van der Waals surface area (Å²) in [6.07, 6.45) is 8.87. The highest BCUT2D eigenvalue weighted by molar-refractivity contribution is 5.85. The lowest BCUT2D eigenvalue weighted by molar-refractivity contribution is -0.945. The smallest absolute Gasteiger partial charge is 0.131 e. The first-order valence-corrected chi connectivity index (χ1v) is 8.38. The number of benzene rings is 1. The predicted octanol–water partition coefficient (Wildman–Crippen LogP) is 3.95. The SMILES string of the molecule is CCC12C=CC[N+]3(CCc4c([nH]c5ccccc45)C3C1)C2. The van der Waals surface area contributed by atoms with Crippen molar-refractivity contribution in [3.63, 3.8) is 0 Å². The lowest BCUT2D eigenvalue weighted by Gasteiger charge is -2.44. The summed E-state index contributed by atoms with van der Waals surface area (Å²) in [4.78, 5) is 3.79. The Hall–Kier alpha value is -1.54. The van der Waals surface area contributed by atoms with Crippen molar-refractivity contribution in [3.8, 4) is 0 Å². The predicted molar refractivity (Wildman–Crippen MR) is 86.1 cm³/mol. The van der Waals surface area contributed by atoms with E-state index in [4.69, 9.17) is 0 Å². The molecular formula is C19H23N2+. The molecule has 0 radical (unpaired) electrons. The van der Waals surface area contributed by atoms with Crippen LogP contribution in [0.15, 0.2) is 36.4 Å². The number of nitrogens with one attached hydrogen (secondary N) is 1. The standard InChI is InChI=1S/C19H23N2/c1-2-19-9-5-10-21(13-19)11-8-15-14-6-3-4-7-16(14)20-18(15)17(21)12-19/h3-7,9,17,20H,2,8,10-13H2,1H3/q+1. The third kappa shape index (κ3) is 1.41. The molecule has 4 heterocycles. The van der Waals surface area contributed by atoms with Gasteiger partial charge in [0.05, 0.1) is 25.3 Å². The molecule has 1 fully saturated rings. The van der Waals surface area contributed by atoms with Crippen molar-refractivity contribution in [3.05, 3.63) is 47.7 Å². The lowest BCUT2D eigenvalue weighted by Crippen LogP contribution is -2.53. The number of rotatable bonds is 1. The molecule has 5 rings (SSSR count). The molecule has 1 aromatic carbocycles. The number of hydrogen-bond acceptors (Lipinski definition) is 0. The van der Waals surface area contributed by atoms with Gasteiger partial charge in [0.15, 0.2) is 0 Å². The maximum absolute atomic E-state index is 3.79. The van der Waals surface area contributed by atoms with Crippen molar-refractivity contribution in [2.24, 2.45) is 5.41 Å². The molecule has 2 aromatic rings. The lowest BCUT2D eigenvalue weighted by atomic mass is 9.81. The van der Waals surface area contributed by atoms with Crippen LogP contribution in [0.3, 0.4) is 0 Å². The van der Waals surface area contributed by atoms with Crippen LogP contribution < -0.4 is 0 Å². The zero-order valence-corrected chi connectivity index (χ0v) is 12.7. The quantitative estimate of drug-likeness (QED) is 0.601. The van der Waals surface area contributed by atoms with Crippen LogP contribution in [0, 0.1) is 5.41 Å². The van der Waals surface area contributed by atoms with E-state index in [2.05, 4.69) is 48.3 Å². The van der Waals surface area contributed by atoms with Crippen molar-refractivity contribution < 1.29 is 4.48 Å². The molecule has 3 atom stereocenters. The van der Waals surface area contributed by atoms with Gasteiger partial charge in [0, 0.05) is 29.2 Å². The molecule has 3 unspecified atom stereocenters. The third-order valence-corrected chi connectivity index (χ3v) is 6.52. The summed E-state index contributed by atoms with van der Waals surface area (Å²) in [6.45, 7) is 6.29. The molecule has 0 aliphatic carbocycles. The fourth-order valence-corrected chi connectivity index (χ4v) is 5.39. The molecule has 1 N–H and O–H groups in total. The Morgan fingerprint density at radius 3 is 3.14 bits per heavy atom. The van der Waals surface area contributed by atoms with E-state index < -0.39 is 0 Å². The third-order valence-electron chi connectivity index (χ3n) is 6.52. The van der Waals surface area contributed by atoms with Crippen LogP contribution in [0.1, 0.15) is 37.1 Å². The van der Waals surface area contributed by atoms with Gasteiger partial charge in [0.1, 0.15) is 6.04 Å². The van der Waals surface area contributed by atoms with Crippen LogP contribution in [0.25, 0.3) is 10.9 Å². The second-order valence-corrected chi connectivity index (χ2v) is 7.43. The molecule has 108 valence electrons. The molecule has 0 amide bonds. The fraction of sp³-hybridized carbons (Fsp3) is 0.474. The van der Waals surface area contributed by atoms with E-state index in [1.54, 1.807) is 11.3 Å². The highest BCUT2D eigenvalue weighted by atomic mass is 15.4. The molecule has 1 aromatic heterocycles. The summed E-state index contributed by atoms with van der Waals surface area (Å²) in [6, 6.07) is 9.55. The maximum atomic E-state index is 3.79. The first-order chi connectivity index (χ1) is 10.3. The largest absolute Gasteiger partial charge is 0.353 e. The summed E-state index contributed by atoms with van der Waals surface area (Å²) >= 11 is 0. The van der Waals surface area contributed by atoms with E-state index in [0.29, 0.717) is 11.5 Å². The molecule has 21 heavy (non-hydrogen) atoms. The van der Waals surface area contributed by atoms with Crippen molar-refractivity contribution in [2.45, 2.75) is 32.2 Å². The van der Waals surface area contributed by atoms with Crippen LogP contribution in [0.4, 0.5) is 0 Å². The Morgan fingerprint density at radius 2 is 2.24 bits per heavy atom. The average molecular weight is 279 g/mol. The Morgan fingerprint density at radius 1 is 1.33 bits per heavy atom. The number of fused-ring (bicyclic) bond motifs is 5. The van der Waals surface area contributed by atoms with Gasteiger partial charge in [-0.25, -0.2) is 0 Å². The van der Waals surface area contributed by atoms with Crippen molar-refractivity contribution in [1.29, 1.82) is 0 Å². The van der Waals surface area contributed by atoms with Gasteiger partial charge in [-0.05, 0) is 24.1 Å². The number of aromatic amines is 1. The van der Waals surface area contributed by atoms with E-state index in [-0.39, 0.29) is 0 Å². The summed E-state index contributed by atoms with van der Waals surface area (Å²) in [5, 5.41) is 1.46. The Bertz CT molecular complexity index is 756. The Labute approximate surface area is 126 Å². The second-order valence-electron chi connectivity index (χ2n) is 7.43. The molecule has 3 aliphatic rings. The first kappa shape index (κ1) is 12.0. The Kier molecular flexibility index (Phi) is 2.18. The van der Waals surface area contributed by atoms with E-state index in [1.807, 2.05) is 0 Å². The average Bonchev–Trinajstić information content (AvgIpc) is 3.00. The minimum absolute atomic E-state index is 0.460. The molecule has 2 heteroatoms. The number of H-pyrrole nitrogens is 1. The van der Waals surface area contributed by atoms with Crippen molar-refractivity contribution >= 4 is 10.9 Å². The minimum atomic E-state index is 0.460. The number of nitrogens with zero attached hydrogens (tertiary/aromatic N) is 1. The zero-order chi connectivity index (χ0) is 14.1. The number of aromatic nitrogens is 1. The van der Waals surface area contributed by atoms with E-state index >= 15 is 0 Å². The molecule has 1 spiro atoms. The summed E-state index contributed by atoms with van der Waals surface area (Å²) in [5.41, 5.74) is 4.96. The monoisotopic (exact) mass is 279 g/mol. The van der Waals surface area contributed by atoms with Crippen LogP contribution >= 0.6 is 0 Å². The normalized spacial score (nSPS) is 36.7.